The highest BCUT2D eigenvalue weighted by molar-refractivity contribution is 6.06. The van der Waals surface area contributed by atoms with Crippen LogP contribution in [0.2, 0.25) is 0 Å². The predicted octanol–water partition coefficient (Wildman–Crippen LogP) is 4.27. The Morgan fingerprint density at radius 2 is 1.91 bits per heavy atom. The van der Waals surface area contributed by atoms with Gasteiger partial charge < -0.3 is 15.4 Å². The van der Waals surface area contributed by atoms with Gasteiger partial charge in [0.25, 0.3) is 5.91 Å². The second-order valence-corrected chi connectivity index (χ2v) is 7.70. The number of halogens is 1. The van der Waals surface area contributed by atoms with Crippen molar-refractivity contribution in [2.75, 3.05) is 23.9 Å². The molecular formula is C24H24FN5O3. The average Bonchev–Trinajstić information content (AvgIpc) is 3.69. The summed E-state index contributed by atoms with van der Waals surface area (Å²) in [6, 6.07) is 8.47. The molecule has 3 heterocycles. The highest BCUT2D eigenvalue weighted by Gasteiger charge is 2.29. The van der Waals surface area contributed by atoms with Crippen LogP contribution in [0, 0.1) is 5.92 Å². The molecule has 4 rings (SSSR count). The molecule has 0 unspecified atom stereocenters. The van der Waals surface area contributed by atoms with Crippen LogP contribution in [0.3, 0.4) is 0 Å². The molecule has 1 fully saturated rings. The third-order valence-electron chi connectivity index (χ3n) is 5.12. The van der Waals surface area contributed by atoms with Gasteiger partial charge in [-0.05, 0) is 49.9 Å². The van der Waals surface area contributed by atoms with Gasteiger partial charge in [0.05, 0.1) is 25.2 Å². The van der Waals surface area contributed by atoms with E-state index in [9.17, 15) is 14.0 Å². The fourth-order valence-corrected chi connectivity index (χ4v) is 3.15. The lowest BCUT2D eigenvalue weighted by atomic mass is 10.1. The summed E-state index contributed by atoms with van der Waals surface area (Å²) in [7, 11) is 0. The highest BCUT2D eigenvalue weighted by Crippen LogP contribution is 2.30. The Balaban J connectivity index is 1.44. The van der Waals surface area contributed by atoms with Crippen molar-refractivity contribution in [1.82, 2.24) is 15.0 Å². The number of hydrogen-bond acceptors (Lipinski definition) is 6. The van der Waals surface area contributed by atoms with E-state index in [0.717, 1.165) is 24.0 Å². The summed E-state index contributed by atoms with van der Waals surface area (Å²) >= 11 is 0. The van der Waals surface area contributed by atoms with E-state index in [1.54, 1.807) is 42.9 Å². The van der Waals surface area contributed by atoms with Crippen LogP contribution in [-0.4, -0.2) is 40.0 Å². The van der Waals surface area contributed by atoms with Crippen LogP contribution in [0.15, 0.2) is 55.1 Å². The number of anilines is 2. The molecule has 2 N–H and O–H groups in total. The Hall–Kier alpha value is -3.88. The van der Waals surface area contributed by atoms with Gasteiger partial charge in [-0.15, -0.1) is 0 Å². The number of aromatic nitrogens is 3. The fourth-order valence-electron chi connectivity index (χ4n) is 3.15. The number of amides is 2. The first kappa shape index (κ1) is 22.3. The van der Waals surface area contributed by atoms with E-state index in [-0.39, 0.29) is 24.4 Å². The van der Waals surface area contributed by atoms with Crippen LogP contribution in [-0.2, 0) is 4.79 Å². The fraction of sp³-hybridized carbons (Fsp3) is 0.292. The molecule has 1 aliphatic rings. The topological polar surface area (TPSA) is 106 Å². The van der Waals surface area contributed by atoms with Crippen molar-refractivity contribution >= 4 is 23.3 Å². The number of ether oxygens (including phenoxy) is 1. The summed E-state index contributed by atoms with van der Waals surface area (Å²) in [6.45, 7) is 0.0457. The number of hydrogen-bond donors (Lipinski definition) is 2. The van der Waals surface area contributed by atoms with Crippen LogP contribution < -0.4 is 15.4 Å². The molecule has 0 atom stereocenters. The van der Waals surface area contributed by atoms with Crippen LogP contribution in [0.5, 0.6) is 5.88 Å². The molecule has 0 aromatic carbocycles. The number of carbonyl (C=O) groups excluding carboxylic acids is 2. The monoisotopic (exact) mass is 448 g/mol. The molecule has 2 amide bonds. The summed E-state index contributed by atoms with van der Waals surface area (Å²) in [5.74, 6) is 0.418. The SMILES string of the molecule is O=C(Nc1cnccc1-c1ccc(OCCCC[18F])nc1)c1ccnc(NC(=O)C2CC2)c1. The molecule has 0 bridgehead atoms. The molecule has 33 heavy (non-hydrogen) atoms. The summed E-state index contributed by atoms with van der Waals surface area (Å²) < 4.78 is 17.7. The van der Waals surface area contributed by atoms with Crippen molar-refractivity contribution in [3.63, 3.8) is 0 Å². The number of carbonyl (C=O) groups is 2. The first-order valence-electron chi connectivity index (χ1n) is 10.8. The lowest BCUT2D eigenvalue weighted by molar-refractivity contribution is -0.117. The van der Waals surface area contributed by atoms with E-state index in [4.69, 9.17) is 4.74 Å². The molecule has 0 saturated heterocycles. The van der Waals surface area contributed by atoms with Crippen molar-refractivity contribution in [2.24, 2.45) is 5.92 Å². The minimum Gasteiger partial charge on any atom is -0.478 e. The molecule has 9 heteroatoms. The van der Waals surface area contributed by atoms with Gasteiger partial charge in [0.2, 0.25) is 11.8 Å². The van der Waals surface area contributed by atoms with Gasteiger partial charge in [0.1, 0.15) is 5.82 Å². The number of unbranched alkanes of at least 4 members (excludes halogenated alkanes) is 1. The quantitative estimate of drug-likeness (QED) is 0.449. The number of pyridine rings is 3. The van der Waals surface area contributed by atoms with Gasteiger partial charge >= 0.3 is 0 Å². The Kier molecular flexibility index (Phi) is 7.19. The maximum atomic E-state index is 12.9. The van der Waals surface area contributed by atoms with E-state index in [1.165, 1.54) is 6.20 Å². The van der Waals surface area contributed by atoms with Crippen molar-refractivity contribution in [2.45, 2.75) is 25.7 Å². The first-order valence-corrected chi connectivity index (χ1v) is 10.8. The number of alkyl halides is 1. The Labute approximate surface area is 190 Å². The van der Waals surface area contributed by atoms with Crippen molar-refractivity contribution in [3.8, 4) is 17.0 Å². The van der Waals surface area contributed by atoms with Gasteiger partial charge in [0, 0.05) is 47.3 Å². The standard InChI is InChI=1S/C24H24FN5O3/c25-9-1-2-12-33-22-6-5-18(14-28-22)19-8-10-26-15-20(19)29-24(32)17-7-11-27-21(13-17)30-23(31)16-3-4-16/h5-8,10-11,13-16H,1-4,9,12H2,(H,29,32)(H,27,30,31)/i25-1. The summed E-state index contributed by atoms with van der Waals surface area (Å²) in [5.41, 5.74) is 2.39. The molecule has 170 valence electrons. The van der Waals surface area contributed by atoms with Crippen LogP contribution in [0.1, 0.15) is 36.0 Å². The summed E-state index contributed by atoms with van der Waals surface area (Å²) in [4.78, 5) is 37.4. The zero-order chi connectivity index (χ0) is 23.0. The number of rotatable bonds is 10. The van der Waals surface area contributed by atoms with Crippen LogP contribution in [0.4, 0.5) is 15.9 Å². The number of nitrogens with one attached hydrogen (secondary N) is 2. The molecule has 0 spiro atoms. The van der Waals surface area contributed by atoms with Crippen molar-refractivity contribution < 1.29 is 18.7 Å². The van der Waals surface area contributed by atoms with Gasteiger partial charge in [-0.25, -0.2) is 9.97 Å². The first-order chi connectivity index (χ1) is 16.1. The smallest absolute Gasteiger partial charge is 0.255 e. The Morgan fingerprint density at radius 3 is 2.67 bits per heavy atom. The van der Waals surface area contributed by atoms with E-state index < -0.39 is 0 Å². The van der Waals surface area contributed by atoms with E-state index in [1.807, 2.05) is 6.07 Å². The zero-order valence-corrected chi connectivity index (χ0v) is 18.0. The Morgan fingerprint density at radius 1 is 1.03 bits per heavy atom. The van der Waals surface area contributed by atoms with Gasteiger partial charge in [-0.2, -0.15) is 0 Å². The average molecular weight is 448 g/mol. The lowest BCUT2D eigenvalue weighted by Crippen LogP contribution is -2.16. The number of nitrogens with zero attached hydrogens (tertiary/aromatic N) is 3. The Bertz CT molecular complexity index is 1120. The van der Waals surface area contributed by atoms with E-state index in [2.05, 4.69) is 25.6 Å². The third-order valence-corrected chi connectivity index (χ3v) is 5.12. The maximum Gasteiger partial charge on any atom is 0.255 e. The summed E-state index contributed by atoms with van der Waals surface area (Å²) in [5, 5.41) is 5.61. The molecule has 1 saturated carbocycles. The molecule has 1 aliphatic carbocycles. The van der Waals surface area contributed by atoms with Gasteiger partial charge in [-0.3, -0.25) is 19.0 Å². The minimum atomic E-state index is -0.359. The molecular weight excluding hydrogens is 424 g/mol. The lowest BCUT2D eigenvalue weighted by Gasteiger charge is -2.12. The van der Waals surface area contributed by atoms with Crippen molar-refractivity contribution in [3.05, 3.63) is 60.7 Å². The van der Waals surface area contributed by atoms with E-state index in [0.29, 0.717) is 42.4 Å². The van der Waals surface area contributed by atoms with Gasteiger partial charge in [0.15, 0.2) is 0 Å². The molecule has 0 radical (unpaired) electrons. The molecule has 3 aromatic rings. The van der Waals surface area contributed by atoms with Crippen molar-refractivity contribution in [1.29, 1.82) is 0 Å². The predicted molar refractivity (Wildman–Crippen MR) is 122 cm³/mol. The van der Waals surface area contributed by atoms with Gasteiger partial charge in [-0.1, -0.05) is 0 Å². The largest absolute Gasteiger partial charge is 0.478 e. The minimum absolute atomic E-state index is 0.0442. The molecule has 8 nitrogen and oxygen atoms in total. The molecule has 0 aliphatic heterocycles. The van der Waals surface area contributed by atoms with Crippen LogP contribution in [0.25, 0.3) is 11.1 Å². The maximum absolute atomic E-state index is 12.9. The second kappa shape index (κ2) is 10.6. The third kappa shape index (κ3) is 6.09. The highest BCUT2D eigenvalue weighted by atomic mass is 18.2. The van der Waals surface area contributed by atoms with Crippen LogP contribution >= 0.6 is 0 Å². The molecule has 3 aromatic heterocycles. The van der Waals surface area contributed by atoms with E-state index >= 15 is 0 Å². The second-order valence-electron chi connectivity index (χ2n) is 7.70. The zero-order valence-electron chi connectivity index (χ0n) is 18.0. The normalized spacial score (nSPS) is 12.8. The summed E-state index contributed by atoms with van der Waals surface area (Å²) in [6.07, 6.45) is 9.18.